The number of nitrogens with one attached hydrogen (secondary N) is 2. The van der Waals surface area contributed by atoms with Gasteiger partial charge in [0.1, 0.15) is 6.04 Å². The molecule has 0 fully saturated rings. The first-order chi connectivity index (χ1) is 8.67. The fourth-order valence-corrected chi connectivity index (χ4v) is 1.42. The lowest BCUT2D eigenvalue weighted by atomic mass is 10.1. The molecular formula is C14H15N3O. The molecule has 1 amide bonds. The van der Waals surface area contributed by atoms with Crippen LogP contribution < -0.4 is 10.6 Å². The summed E-state index contributed by atoms with van der Waals surface area (Å²) in [6, 6.07) is 9.13. The number of hydrogen-bond acceptors (Lipinski definition) is 3. The van der Waals surface area contributed by atoms with Gasteiger partial charge in [0.2, 0.25) is 5.91 Å². The second kappa shape index (κ2) is 6.98. The van der Waals surface area contributed by atoms with Crippen molar-refractivity contribution in [2.45, 2.75) is 19.4 Å². The van der Waals surface area contributed by atoms with Gasteiger partial charge in [0.25, 0.3) is 0 Å². The van der Waals surface area contributed by atoms with E-state index in [2.05, 4.69) is 22.6 Å². The molecule has 1 atom stereocenters. The zero-order chi connectivity index (χ0) is 13.4. The summed E-state index contributed by atoms with van der Waals surface area (Å²) in [6.45, 7) is 1.99. The predicted molar refractivity (Wildman–Crippen MR) is 70.7 cm³/mol. The van der Waals surface area contributed by atoms with Crippen molar-refractivity contribution in [1.82, 2.24) is 5.32 Å². The summed E-state index contributed by atoms with van der Waals surface area (Å²) in [4.78, 5) is 11.6. The van der Waals surface area contributed by atoms with Gasteiger partial charge in [-0.25, -0.2) is 0 Å². The van der Waals surface area contributed by atoms with E-state index in [-0.39, 0.29) is 18.5 Å². The van der Waals surface area contributed by atoms with Crippen LogP contribution in [0.5, 0.6) is 0 Å². The Labute approximate surface area is 107 Å². The number of carbonyl (C=O) groups excluding carboxylic acids is 1. The van der Waals surface area contributed by atoms with Gasteiger partial charge < -0.3 is 10.6 Å². The number of anilines is 1. The molecule has 1 aromatic carbocycles. The van der Waals surface area contributed by atoms with Crippen molar-refractivity contribution >= 4 is 11.6 Å². The third kappa shape index (κ3) is 4.19. The number of terminal acetylenes is 1. The molecule has 18 heavy (non-hydrogen) atoms. The van der Waals surface area contributed by atoms with Gasteiger partial charge in [0.05, 0.1) is 19.0 Å². The molecular weight excluding hydrogens is 226 g/mol. The Morgan fingerprint density at radius 3 is 2.67 bits per heavy atom. The van der Waals surface area contributed by atoms with Gasteiger partial charge in [0, 0.05) is 5.69 Å². The minimum absolute atomic E-state index is 0.144. The summed E-state index contributed by atoms with van der Waals surface area (Å²) in [7, 11) is 0. The molecule has 2 N–H and O–H groups in total. The van der Waals surface area contributed by atoms with Gasteiger partial charge in [-0.2, -0.15) is 5.26 Å². The SMILES string of the molecule is C#CCNC(=O)C(C)Nc1ccc(CC#N)cc1. The highest BCUT2D eigenvalue weighted by Gasteiger charge is 2.11. The fraction of sp³-hybridized carbons (Fsp3) is 0.286. The maximum atomic E-state index is 11.6. The van der Waals surface area contributed by atoms with Crippen LogP contribution in [0.25, 0.3) is 0 Å². The fourth-order valence-electron chi connectivity index (χ4n) is 1.42. The van der Waals surface area contributed by atoms with Crippen LogP contribution in [-0.4, -0.2) is 18.5 Å². The van der Waals surface area contributed by atoms with Gasteiger partial charge in [-0.15, -0.1) is 6.42 Å². The predicted octanol–water partition coefficient (Wildman–Crippen LogP) is 1.30. The van der Waals surface area contributed by atoms with Crippen LogP contribution in [-0.2, 0) is 11.2 Å². The molecule has 4 heteroatoms. The van der Waals surface area contributed by atoms with E-state index in [9.17, 15) is 4.79 Å². The van der Waals surface area contributed by atoms with Crippen LogP contribution in [0.4, 0.5) is 5.69 Å². The highest BCUT2D eigenvalue weighted by atomic mass is 16.2. The minimum Gasteiger partial charge on any atom is -0.374 e. The Morgan fingerprint density at radius 1 is 1.44 bits per heavy atom. The lowest BCUT2D eigenvalue weighted by molar-refractivity contribution is -0.121. The van der Waals surface area contributed by atoms with E-state index >= 15 is 0 Å². The lowest BCUT2D eigenvalue weighted by Gasteiger charge is -2.14. The molecule has 0 saturated heterocycles. The maximum Gasteiger partial charge on any atom is 0.242 e. The van der Waals surface area contributed by atoms with E-state index in [1.54, 1.807) is 6.92 Å². The van der Waals surface area contributed by atoms with Crippen LogP contribution >= 0.6 is 0 Å². The number of amides is 1. The summed E-state index contributed by atoms with van der Waals surface area (Å²) in [5, 5.41) is 14.2. The maximum absolute atomic E-state index is 11.6. The Bertz CT molecular complexity index is 479. The van der Waals surface area contributed by atoms with Crippen molar-refractivity contribution in [3.63, 3.8) is 0 Å². The number of carbonyl (C=O) groups is 1. The first kappa shape index (κ1) is 13.6. The Morgan fingerprint density at radius 2 is 2.11 bits per heavy atom. The number of hydrogen-bond donors (Lipinski definition) is 2. The van der Waals surface area contributed by atoms with Crippen molar-refractivity contribution in [3.05, 3.63) is 29.8 Å². The molecule has 0 aliphatic carbocycles. The van der Waals surface area contributed by atoms with Gasteiger partial charge in [-0.1, -0.05) is 18.1 Å². The average Bonchev–Trinajstić information content (AvgIpc) is 2.38. The Balaban J connectivity index is 2.54. The van der Waals surface area contributed by atoms with Gasteiger partial charge in [0.15, 0.2) is 0 Å². The zero-order valence-electron chi connectivity index (χ0n) is 10.2. The molecule has 4 nitrogen and oxygen atoms in total. The van der Waals surface area contributed by atoms with E-state index < -0.39 is 0 Å². The van der Waals surface area contributed by atoms with Gasteiger partial charge in [-0.3, -0.25) is 4.79 Å². The second-order valence-electron chi connectivity index (χ2n) is 3.82. The molecule has 92 valence electrons. The minimum atomic E-state index is -0.361. The molecule has 1 unspecified atom stereocenters. The van der Waals surface area contributed by atoms with E-state index in [4.69, 9.17) is 11.7 Å². The second-order valence-corrected chi connectivity index (χ2v) is 3.82. The van der Waals surface area contributed by atoms with Crippen molar-refractivity contribution < 1.29 is 4.79 Å². The zero-order valence-corrected chi connectivity index (χ0v) is 10.2. The Kier molecular flexibility index (Phi) is 5.28. The van der Waals surface area contributed by atoms with E-state index in [0.717, 1.165) is 11.3 Å². The summed E-state index contributed by atoms with van der Waals surface area (Å²) >= 11 is 0. The first-order valence-electron chi connectivity index (χ1n) is 5.61. The summed E-state index contributed by atoms with van der Waals surface area (Å²) in [5.74, 6) is 2.20. The largest absolute Gasteiger partial charge is 0.374 e. The molecule has 0 saturated carbocycles. The van der Waals surface area contributed by atoms with Crippen LogP contribution in [0.3, 0.4) is 0 Å². The van der Waals surface area contributed by atoms with E-state index in [1.807, 2.05) is 24.3 Å². The molecule has 0 aliphatic rings. The van der Waals surface area contributed by atoms with Gasteiger partial charge >= 0.3 is 0 Å². The molecule has 0 radical (unpaired) electrons. The average molecular weight is 241 g/mol. The van der Waals surface area contributed by atoms with Crippen LogP contribution in [0.15, 0.2) is 24.3 Å². The number of nitriles is 1. The topological polar surface area (TPSA) is 64.9 Å². The summed E-state index contributed by atoms with van der Waals surface area (Å²) < 4.78 is 0. The van der Waals surface area contributed by atoms with Crippen LogP contribution in [0.2, 0.25) is 0 Å². The van der Waals surface area contributed by atoms with Crippen molar-refractivity contribution in [3.8, 4) is 18.4 Å². The Hall–Kier alpha value is -2.46. The van der Waals surface area contributed by atoms with E-state index in [1.165, 1.54) is 0 Å². The van der Waals surface area contributed by atoms with Crippen LogP contribution in [0, 0.1) is 23.7 Å². The van der Waals surface area contributed by atoms with E-state index in [0.29, 0.717) is 6.42 Å². The molecule has 0 heterocycles. The molecule has 1 rings (SSSR count). The standard InChI is InChI=1S/C14H15N3O/c1-3-10-16-14(18)11(2)17-13-6-4-12(5-7-13)8-9-15/h1,4-7,11,17H,8,10H2,2H3,(H,16,18). The summed E-state index contributed by atoms with van der Waals surface area (Å²) in [6.07, 6.45) is 5.45. The third-order valence-electron chi connectivity index (χ3n) is 2.38. The molecule has 1 aromatic rings. The third-order valence-corrected chi connectivity index (χ3v) is 2.38. The smallest absolute Gasteiger partial charge is 0.242 e. The van der Waals surface area contributed by atoms with Crippen molar-refractivity contribution in [2.75, 3.05) is 11.9 Å². The quantitative estimate of drug-likeness (QED) is 0.764. The first-order valence-corrected chi connectivity index (χ1v) is 5.61. The van der Waals surface area contributed by atoms with Crippen molar-refractivity contribution in [2.24, 2.45) is 0 Å². The summed E-state index contributed by atoms with van der Waals surface area (Å²) in [5.41, 5.74) is 1.78. The highest BCUT2D eigenvalue weighted by molar-refractivity contribution is 5.84. The van der Waals surface area contributed by atoms with Crippen molar-refractivity contribution in [1.29, 1.82) is 5.26 Å². The monoisotopic (exact) mass is 241 g/mol. The number of nitrogens with zero attached hydrogens (tertiary/aromatic N) is 1. The lowest BCUT2D eigenvalue weighted by Crippen LogP contribution is -2.37. The normalized spacial score (nSPS) is 10.8. The molecule has 0 bridgehead atoms. The van der Waals surface area contributed by atoms with Gasteiger partial charge in [-0.05, 0) is 24.6 Å². The molecule has 0 aromatic heterocycles. The van der Waals surface area contributed by atoms with Crippen LogP contribution in [0.1, 0.15) is 12.5 Å². The number of benzene rings is 1. The molecule has 0 aliphatic heterocycles. The highest BCUT2D eigenvalue weighted by Crippen LogP contribution is 2.11. The molecule has 0 spiro atoms. The number of rotatable bonds is 5.